The number of carbonyl (C=O) groups excluding carboxylic acids is 1. The number of benzene rings is 1. The highest BCUT2D eigenvalue weighted by molar-refractivity contribution is 5.76. The minimum atomic E-state index is -0.158. The van der Waals surface area contributed by atoms with Crippen LogP contribution in [0.2, 0.25) is 0 Å². The molecule has 0 saturated heterocycles. The van der Waals surface area contributed by atoms with Crippen LogP contribution in [0.3, 0.4) is 0 Å². The predicted molar refractivity (Wildman–Crippen MR) is 90.4 cm³/mol. The van der Waals surface area contributed by atoms with Crippen molar-refractivity contribution in [2.75, 3.05) is 6.61 Å². The van der Waals surface area contributed by atoms with Crippen molar-refractivity contribution in [2.45, 2.75) is 39.2 Å². The lowest BCUT2D eigenvalue weighted by atomic mass is 10.0. The van der Waals surface area contributed by atoms with E-state index in [-0.39, 0.29) is 18.6 Å². The van der Waals surface area contributed by atoms with E-state index in [2.05, 4.69) is 24.3 Å². The summed E-state index contributed by atoms with van der Waals surface area (Å²) in [6.07, 6.45) is 5.56. The van der Waals surface area contributed by atoms with Crippen LogP contribution in [0.25, 0.3) is 5.69 Å². The summed E-state index contributed by atoms with van der Waals surface area (Å²) in [5, 5.41) is 16.5. The van der Waals surface area contributed by atoms with Crippen LogP contribution in [-0.4, -0.2) is 33.4 Å². The first-order valence-electron chi connectivity index (χ1n) is 8.07. The molecular formula is C18H25N3O2. The Morgan fingerprint density at radius 2 is 2.04 bits per heavy atom. The minimum absolute atomic E-state index is 0.0180. The second-order valence-corrected chi connectivity index (χ2v) is 6.21. The molecule has 5 nitrogen and oxygen atoms in total. The Balaban J connectivity index is 1.84. The Morgan fingerprint density at radius 1 is 1.30 bits per heavy atom. The molecule has 0 aliphatic heterocycles. The molecule has 0 aliphatic carbocycles. The molecule has 1 unspecified atom stereocenters. The standard InChI is InChI=1S/C18H25N3O2/c1-14(2)10-16(13-22)20-18(23)9-8-15-11-19-21(12-15)17-6-4-3-5-7-17/h3-7,11-12,14,16,22H,8-10,13H2,1-2H3,(H,20,23). The number of para-hydroxylation sites is 1. The summed E-state index contributed by atoms with van der Waals surface area (Å²) in [4.78, 5) is 12.0. The number of hydrogen-bond acceptors (Lipinski definition) is 3. The SMILES string of the molecule is CC(C)CC(CO)NC(=O)CCc1cnn(-c2ccccc2)c1. The van der Waals surface area contributed by atoms with Crippen molar-refractivity contribution < 1.29 is 9.90 Å². The summed E-state index contributed by atoms with van der Waals surface area (Å²) in [5.41, 5.74) is 2.02. The van der Waals surface area contributed by atoms with Gasteiger partial charge < -0.3 is 10.4 Å². The van der Waals surface area contributed by atoms with Gasteiger partial charge in [0.1, 0.15) is 0 Å². The molecular weight excluding hydrogens is 290 g/mol. The molecule has 1 heterocycles. The van der Waals surface area contributed by atoms with Crippen molar-refractivity contribution in [3.63, 3.8) is 0 Å². The Bertz CT molecular complexity index is 608. The van der Waals surface area contributed by atoms with Crippen LogP contribution in [-0.2, 0) is 11.2 Å². The van der Waals surface area contributed by atoms with Crippen LogP contribution in [0, 0.1) is 5.92 Å². The van der Waals surface area contributed by atoms with Crippen LogP contribution in [0.5, 0.6) is 0 Å². The van der Waals surface area contributed by atoms with Gasteiger partial charge in [-0.1, -0.05) is 32.0 Å². The molecule has 0 bridgehead atoms. The molecule has 2 N–H and O–H groups in total. The fourth-order valence-corrected chi connectivity index (χ4v) is 2.52. The summed E-state index contributed by atoms with van der Waals surface area (Å²) in [6, 6.07) is 9.71. The molecule has 1 amide bonds. The normalized spacial score (nSPS) is 12.3. The molecule has 0 fully saturated rings. The zero-order valence-corrected chi connectivity index (χ0v) is 13.8. The van der Waals surface area contributed by atoms with E-state index in [0.717, 1.165) is 17.7 Å². The van der Waals surface area contributed by atoms with Crippen molar-refractivity contribution in [1.29, 1.82) is 0 Å². The number of rotatable bonds is 8. The van der Waals surface area contributed by atoms with Gasteiger partial charge >= 0.3 is 0 Å². The second-order valence-electron chi connectivity index (χ2n) is 6.21. The molecule has 1 aromatic carbocycles. The van der Waals surface area contributed by atoms with Gasteiger partial charge in [-0.05, 0) is 36.5 Å². The molecule has 23 heavy (non-hydrogen) atoms. The van der Waals surface area contributed by atoms with Gasteiger partial charge in [0.2, 0.25) is 5.91 Å². The van der Waals surface area contributed by atoms with Gasteiger partial charge in [0.25, 0.3) is 0 Å². The maximum absolute atomic E-state index is 12.0. The summed E-state index contributed by atoms with van der Waals surface area (Å²) in [7, 11) is 0. The Hall–Kier alpha value is -2.14. The smallest absolute Gasteiger partial charge is 0.220 e. The fraction of sp³-hybridized carbons (Fsp3) is 0.444. The molecule has 5 heteroatoms. The van der Waals surface area contributed by atoms with E-state index in [0.29, 0.717) is 18.8 Å². The van der Waals surface area contributed by atoms with E-state index in [1.807, 2.05) is 41.2 Å². The van der Waals surface area contributed by atoms with Gasteiger partial charge in [-0.2, -0.15) is 5.10 Å². The molecule has 2 rings (SSSR count). The third-order valence-corrected chi connectivity index (χ3v) is 3.64. The van der Waals surface area contributed by atoms with Crippen LogP contribution in [0.1, 0.15) is 32.3 Å². The highest BCUT2D eigenvalue weighted by atomic mass is 16.3. The molecule has 0 radical (unpaired) electrons. The first-order valence-corrected chi connectivity index (χ1v) is 8.07. The van der Waals surface area contributed by atoms with E-state index in [1.54, 1.807) is 6.20 Å². The minimum Gasteiger partial charge on any atom is -0.394 e. The Morgan fingerprint density at radius 3 is 2.70 bits per heavy atom. The lowest BCUT2D eigenvalue weighted by molar-refractivity contribution is -0.122. The third kappa shape index (κ3) is 5.53. The number of carbonyl (C=O) groups is 1. The van der Waals surface area contributed by atoms with Crippen molar-refractivity contribution in [3.05, 3.63) is 48.3 Å². The summed E-state index contributed by atoms with van der Waals surface area (Å²) in [6.45, 7) is 4.13. The van der Waals surface area contributed by atoms with Crippen molar-refractivity contribution in [3.8, 4) is 5.69 Å². The quantitative estimate of drug-likeness (QED) is 0.785. The zero-order valence-electron chi connectivity index (χ0n) is 13.8. The molecule has 0 saturated carbocycles. The van der Waals surface area contributed by atoms with E-state index in [9.17, 15) is 9.90 Å². The van der Waals surface area contributed by atoms with Gasteiger partial charge in [-0.25, -0.2) is 4.68 Å². The third-order valence-electron chi connectivity index (χ3n) is 3.64. The highest BCUT2D eigenvalue weighted by Gasteiger charge is 2.13. The van der Waals surface area contributed by atoms with E-state index < -0.39 is 0 Å². The molecule has 0 aliphatic rings. The average molecular weight is 315 g/mol. The number of nitrogens with zero attached hydrogens (tertiary/aromatic N) is 2. The number of hydrogen-bond donors (Lipinski definition) is 2. The summed E-state index contributed by atoms with van der Waals surface area (Å²) >= 11 is 0. The zero-order chi connectivity index (χ0) is 16.7. The van der Waals surface area contributed by atoms with E-state index in [4.69, 9.17) is 0 Å². The van der Waals surface area contributed by atoms with Gasteiger partial charge in [-0.3, -0.25) is 4.79 Å². The monoisotopic (exact) mass is 315 g/mol. The van der Waals surface area contributed by atoms with Crippen LogP contribution in [0.4, 0.5) is 0 Å². The van der Waals surface area contributed by atoms with Crippen LogP contribution in [0.15, 0.2) is 42.7 Å². The Kier molecular flexibility index (Phi) is 6.35. The van der Waals surface area contributed by atoms with Crippen molar-refractivity contribution in [2.24, 2.45) is 5.92 Å². The van der Waals surface area contributed by atoms with E-state index >= 15 is 0 Å². The predicted octanol–water partition coefficient (Wildman–Crippen LogP) is 2.33. The molecule has 1 atom stereocenters. The second kappa shape index (κ2) is 8.48. The number of aliphatic hydroxyl groups excluding tert-OH is 1. The van der Waals surface area contributed by atoms with Gasteiger partial charge in [0, 0.05) is 12.6 Å². The van der Waals surface area contributed by atoms with E-state index in [1.165, 1.54) is 0 Å². The van der Waals surface area contributed by atoms with Crippen LogP contribution < -0.4 is 5.32 Å². The van der Waals surface area contributed by atoms with Gasteiger partial charge in [0.05, 0.1) is 24.5 Å². The molecule has 124 valence electrons. The molecule has 0 spiro atoms. The van der Waals surface area contributed by atoms with Crippen molar-refractivity contribution >= 4 is 5.91 Å². The number of amides is 1. The highest BCUT2D eigenvalue weighted by Crippen LogP contribution is 2.09. The number of aryl methyl sites for hydroxylation is 1. The molecule has 2 aromatic rings. The molecule has 1 aromatic heterocycles. The van der Waals surface area contributed by atoms with Crippen LogP contribution >= 0.6 is 0 Å². The maximum atomic E-state index is 12.0. The first kappa shape index (κ1) is 17.2. The van der Waals surface area contributed by atoms with Gasteiger partial charge in [0.15, 0.2) is 0 Å². The lowest BCUT2D eigenvalue weighted by Crippen LogP contribution is -2.38. The first-order chi connectivity index (χ1) is 11.1. The van der Waals surface area contributed by atoms with Gasteiger partial charge in [-0.15, -0.1) is 0 Å². The maximum Gasteiger partial charge on any atom is 0.220 e. The number of aromatic nitrogens is 2. The lowest BCUT2D eigenvalue weighted by Gasteiger charge is -2.18. The Labute approximate surface area is 137 Å². The summed E-state index contributed by atoms with van der Waals surface area (Å²) in [5.74, 6) is 0.411. The number of aliphatic hydroxyl groups is 1. The topological polar surface area (TPSA) is 67.2 Å². The summed E-state index contributed by atoms with van der Waals surface area (Å²) < 4.78 is 1.81. The fourth-order valence-electron chi connectivity index (χ4n) is 2.52. The largest absolute Gasteiger partial charge is 0.394 e. The number of nitrogens with one attached hydrogen (secondary N) is 1. The average Bonchev–Trinajstić information content (AvgIpc) is 3.01. The van der Waals surface area contributed by atoms with Crippen molar-refractivity contribution in [1.82, 2.24) is 15.1 Å².